The van der Waals surface area contributed by atoms with E-state index in [1.807, 2.05) is 12.1 Å². The Bertz CT molecular complexity index is 603. The Hall–Kier alpha value is -2.29. The van der Waals surface area contributed by atoms with Crippen LogP contribution < -0.4 is 10.6 Å². The summed E-state index contributed by atoms with van der Waals surface area (Å²) in [5.74, 6) is 0.905. The molecular weight excluding hydrogens is 270 g/mol. The molecule has 0 amide bonds. The van der Waals surface area contributed by atoms with Gasteiger partial charge in [-0.1, -0.05) is 60.7 Å². The molecule has 1 atom stereocenters. The van der Waals surface area contributed by atoms with Crippen molar-refractivity contribution in [1.82, 2.24) is 10.6 Å². The normalized spacial score (nSPS) is 16.1. The second kappa shape index (κ2) is 7.12. The molecule has 3 rings (SSSR count). The number of nitrogens with one attached hydrogen (secondary N) is 2. The van der Waals surface area contributed by atoms with Crippen LogP contribution in [0.5, 0.6) is 0 Å². The Morgan fingerprint density at radius 1 is 1.05 bits per heavy atom. The first-order chi connectivity index (χ1) is 10.8. The predicted octanol–water partition coefficient (Wildman–Crippen LogP) is 3.65. The van der Waals surface area contributed by atoms with Crippen LogP contribution >= 0.6 is 0 Å². The summed E-state index contributed by atoms with van der Waals surface area (Å²) in [6.07, 6.45) is 2.48. The first-order valence-electron chi connectivity index (χ1n) is 7.97. The van der Waals surface area contributed by atoms with Gasteiger partial charge in [-0.05, 0) is 30.9 Å². The number of nitrogens with zero attached hydrogens (tertiary/aromatic N) is 1. The topological polar surface area (TPSA) is 36.4 Å². The first-order valence-corrected chi connectivity index (χ1v) is 7.97. The van der Waals surface area contributed by atoms with Crippen molar-refractivity contribution >= 4 is 5.96 Å². The number of benzene rings is 2. The van der Waals surface area contributed by atoms with Crippen LogP contribution in [0.25, 0.3) is 0 Å². The van der Waals surface area contributed by atoms with Crippen LogP contribution in [0.4, 0.5) is 0 Å². The molecule has 2 N–H and O–H groups in total. The number of aliphatic imine (C=N–C) groups is 1. The number of rotatable bonds is 5. The van der Waals surface area contributed by atoms with Gasteiger partial charge in [0.05, 0.1) is 12.6 Å². The van der Waals surface area contributed by atoms with Crippen LogP contribution in [0.1, 0.15) is 36.9 Å². The fourth-order valence-electron chi connectivity index (χ4n) is 2.34. The van der Waals surface area contributed by atoms with Crippen molar-refractivity contribution in [2.24, 2.45) is 4.99 Å². The van der Waals surface area contributed by atoms with Gasteiger partial charge in [0.15, 0.2) is 5.96 Å². The van der Waals surface area contributed by atoms with Gasteiger partial charge in [0, 0.05) is 6.04 Å². The quantitative estimate of drug-likeness (QED) is 0.652. The third-order valence-corrected chi connectivity index (χ3v) is 3.83. The monoisotopic (exact) mass is 293 g/mol. The van der Waals surface area contributed by atoms with Crippen molar-refractivity contribution in [2.45, 2.75) is 38.4 Å². The zero-order valence-corrected chi connectivity index (χ0v) is 13.0. The highest BCUT2D eigenvalue weighted by atomic mass is 15.2. The van der Waals surface area contributed by atoms with Crippen molar-refractivity contribution in [3.63, 3.8) is 0 Å². The first kappa shape index (κ1) is 14.6. The van der Waals surface area contributed by atoms with Gasteiger partial charge in [-0.15, -0.1) is 0 Å². The maximum absolute atomic E-state index is 4.73. The van der Waals surface area contributed by atoms with Gasteiger partial charge in [0.2, 0.25) is 0 Å². The molecule has 1 aliphatic carbocycles. The average Bonchev–Trinajstić information content (AvgIpc) is 3.38. The molecule has 0 saturated heterocycles. The molecule has 0 unspecified atom stereocenters. The fourth-order valence-corrected chi connectivity index (χ4v) is 2.34. The molecule has 0 aromatic heterocycles. The molecule has 0 radical (unpaired) electrons. The summed E-state index contributed by atoms with van der Waals surface area (Å²) in [6.45, 7) is 2.87. The number of hydrogen-bond acceptors (Lipinski definition) is 1. The molecule has 3 heteroatoms. The highest BCUT2D eigenvalue weighted by Gasteiger charge is 2.23. The Kier molecular flexibility index (Phi) is 4.74. The third-order valence-electron chi connectivity index (χ3n) is 3.83. The molecule has 2 aromatic carbocycles. The summed E-state index contributed by atoms with van der Waals surface area (Å²) in [5, 5.41) is 7.01. The summed E-state index contributed by atoms with van der Waals surface area (Å²) in [6, 6.07) is 21.7. The molecule has 1 saturated carbocycles. The van der Waals surface area contributed by atoms with Gasteiger partial charge in [-0.2, -0.15) is 0 Å². The van der Waals surface area contributed by atoms with Crippen LogP contribution in [0.3, 0.4) is 0 Å². The lowest BCUT2D eigenvalue weighted by Crippen LogP contribution is -2.40. The van der Waals surface area contributed by atoms with E-state index in [9.17, 15) is 0 Å². The maximum atomic E-state index is 4.73. The molecule has 0 spiro atoms. The van der Waals surface area contributed by atoms with E-state index in [1.54, 1.807) is 0 Å². The van der Waals surface area contributed by atoms with Crippen molar-refractivity contribution in [3.8, 4) is 0 Å². The van der Waals surface area contributed by atoms with Crippen molar-refractivity contribution in [3.05, 3.63) is 71.8 Å². The Labute approximate surface area is 132 Å². The van der Waals surface area contributed by atoms with Crippen LogP contribution in [-0.2, 0) is 6.54 Å². The lowest BCUT2D eigenvalue weighted by molar-refractivity contribution is 0.680. The maximum Gasteiger partial charge on any atom is 0.192 e. The lowest BCUT2D eigenvalue weighted by Gasteiger charge is -2.18. The molecule has 1 fully saturated rings. The number of guanidine groups is 1. The van der Waals surface area contributed by atoms with Crippen LogP contribution in [0, 0.1) is 0 Å². The van der Waals surface area contributed by atoms with E-state index in [4.69, 9.17) is 4.99 Å². The Balaban J connectivity index is 1.66. The second-order valence-electron chi connectivity index (χ2n) is 5.85. The molecule has 22 heavy (non-hydrogen) atoms. The van der Waals surface area contributed by atoms with Crippen LogP contribution in [0.2, 0.25) is 0 Å². The molecular formula is C19H23N3. The summed E-state index contributed by atoms with van der Waals surface area (Å²) in [5.41, 5.74) is 2.50. The summed E-state index contributed by atoms with van der Waals surface area (Å²) >= 11 is 0. The lowest BCUT2D eigenvalue weighted by atomic mass is 10.1. The van der Waals surface area contributed by atoms with Gasteiger partial charge in [-0.3, -0.25) is 0 Å². The minimum Gasteiger partial charge on any atom is -0.354 e. The predicted molar refractivity (Wildman–Crippen MR) is 91.7 cm³/mol. The van der Waals surface area contributed by atoms with Gasteiger partial charge in [-0.25, -0.2) is 4.99 Å². The number of hydrogen-bond donors (Lipinski definition) is 2. The Morgan fingerprint density at radius 2 is 1.68 bits per heavy atom. The molecule has 3 nitrogen and oxygen atoms in total. The third kappa shape index (κ3) is 4.35. The van der Waals surface area contributed by atoms with Gasteiger partial charge in [0.1, 0.15) is 0 Å². The van der Waals surface area contributed by atoms with E-state index < -0.39 is 0 Å². The van der Waals surface area contributed by atoms with Gasteiger partial charge >= 0.3 is 0 Å². The van der Waals surface area contributed by atoms with Crippen molar-refractivity contribution < 1.29 is 0 Å². The van der Waals surface area contributed by atoms with E-state index in [0.717, 1.165) is 5.96 Å². The largest absolute Gasteiger partial charge is 0.354 e. The molecule has 0 heterocycles. The zero-order valence-electron chi connectivity index (χ0n) is 13.0. The average molecular weight is 293 g/mol. The van der Waals surface area contributed by atoms with E-state index in [2.05, 4.69) is 66.1 Å². The fraction of sp³-hybridized carbons (Fsp3) is 0.316. The van der Waals surface area contributed by atoms with Crippen LogP contribution in [-0.4, -0.2) is 12.0 Å². The van der Waals surface area contributed by atoms with E-state index >= 15 is 0 Å². The highest BCUT2D eigenvalue weighted by Crippen LogP contribution is 2.19. The van der Waals surface area contributed by atoms with E-state index in [-0.39, 0.29) is 6.04 Å². The summed E-state index contributed by atoms with van der Waals surface area (Å²) < 4.78 is 0. The van der Waals surface area contributed by atoms with E-state index in [1.165, 1.54) is 24.0 Å². The highest BCUT2D eigenvalue weighted by molar-refractivity contribution is 5.80. The molecule has 0 aliphatic heterocycles. The summed E-state index contributed by atoms with van der Waals surface area (Å²) in [7, 11) is 0. The minimum absolute atomic E-state index is 0.238. The van der Waals surface area contributed by atoms with Crippen LogP contribution in [0.15, 0.2) is 65.7 Å². The molecule has 1 aliphatic rings. The zero-order chi connectivity index (χ0) is 15.2. The van der Waals surface area contributed by atoms with Crippen molar-refractivity contribution in [2.75, 3.05) is 0 Å². The minimum atomic E-state index is 0.238. The summed E-state index contributed by atoms with van der Waals surface area (Å²) in [4.78, 5) is 4.73. The SMILES string of the molecule is C[C@@H](NC(=NCc1ccccc1)NC1CC1)c1ccccc1. The van der Waals surface area contributed by atoms with Crippen molar-refractivity contribution in [1.29, 1.82) is 0 Å². The van der Waals surface area contributed by atoms with Gasteiger partial charge in [0.25, 0.3) is 0 Å². The van der Waals surface area contributed by atoms with Gasteiger partial charge < -0.3 is 10.6 Å². The molecule has 2 aromatic rings. The molecule has 114 valence electrons. The van der Waals surface area contributed by atoms with E-state index in [0.29, 0.717) is 12.6 Å². The second-order valence-corrected chi connectivity index (χ2v) is 5.85. The standard InChI is InChI=1S/C19H23N3/c1-15(17-10-6-3-7-11-17)21-19(22-18-12-13-18)20-14-16-8-4-2-5-9-16/h2-11,15,18H,12-14H2,1H3,(H2,20,21,22)/t15-/m1/s1. The molecule has 0 bridgehead atoms. The Morgan fingerprint density at radius 3 is 2.32 bits per heavy atom. The smallest absolute Gasteiger partial charge is 0.192 e.